The molecule has 2 aromatic rings. The van der Waals surface area contributed by atoms with E-state index in [1.807, 2.05) is 24.3 Å². The molecule has 1 amide bonds. The molecule has 0 aliphatic heterocycles. The first kappa shape index (κ1) is 18.8. The van der Waals surface area contributed by atoms with Gasteiger partial charge in [0.15, 0.2) is 0 Å². The number of amides is 1. The number of nitrogens with one attached hydrogen (secondary N) is 1. The largest absolute Gasteiger partial charge is 0.348 e. The van der Waals surface area contributed by atoms with Crippen LogP contribution < -0.4 is 5.32 Å². The molecule has 0 atom stereocenters. The van der Waals surface area contributed by atoms with Crippen LogP contribution in [-0.4, -0.2) is 17.4 Å². The normalized spacial score (nSPS) is 15.3. The summed E-state index contributed by atoms with van der Waals surface area (Å²) in [7, 11) is 0. The first-order valence-corrected chi connectivity index (χ1v) is 9.42. The van der Waals surface area contributed by atoms with E-state index in [0.29, 0.717) is 18.0 Å². The number of benzene rings is 2. The fraction of sp³-hybridized carbons (Fsp3) is 0.318. The number of non-ortho nitro benzene ring substituents is 1. The topological polar surface area (TPSA) is 72.2 Å². The maximum Gasteiger partial charge on any atom is 0.270 e. The summed E-state index contributed by atoms with van der Waals surface area (Å²) in [6.45, 7) is 0.353. The van der Waals surface area contributed by atoms with Crippen LogP contribution in [0.25, 0.3) is 5.57 Å². The summed E-state index contributed by atoms with van der Waals surface area (Å²) >= 11 is 0. The van der Waals surface area contributed by atoms with E-state index in [0.717, 1.165) is 24.0 Å². The van der Waals surface area contributed by atoms with Crippen molar-refractivity contribution in [1.29, 1.82) is 0 Å². The molecule has 3 rings (SSSR count). The van der Waals surface area contributed by atoms with E-state index in [1.165, 1.54) is 25.3 Å². The number of nitrogens with zero attached hydrogens (tertiary/aromatic N) is 1. The van der Waals surface area contributed by atoms with Gasteiger partial charge in [0, 0.05) is 24.2 Å². The zero-order valence-electron chi connectivity index (χ0n) is 15.3. The second-order valence-electron chi connectivity index (χ2n) is 6.95. The number of nitro benzene ring substituents is 1. The summed E-state index contributed by atoms with van der Waals surface area (Å²) < 4.78 is 0. The van der Waals surface area contributed by atoms with E-state index in [2.05, 4.69) is 11.4 Å². The molecule has 27 heavy (non-hydrogen) atoms. The number of carbonyl (C=O) groups excluding carboxylic acids is 1. The van der Waals surface area contributed by atoms with Crippen molar-refractivity contribution < 1.29 is 9.72 Å². The second-order valence-corrected chi connectivity index (χ2v) is 6.95. The van der Waals surface area contributed by atoms with Gasteiger partial charge in [-0.15, -0.1) is 0 Å². The summed E-state index contributed by atoms with van der Waals surface area (Å²) in [6.07, 6.45) is 8.14. The van der Waals surface area contributed by atoms with E-state index in [9.17, 15) is 14.9 Å². The van der Waals surface area contributed by atoms with Gasteiger partial charge < -0.3 is 5.32 Å². The van der Waals surface area contributed by atoms with Gasteiger partial charge in [0.2, 0.25) is 0 Å². The maximum absolute atomic E-state index is 12.4. The molecule has 1 aliphatic carbocycles. The summed E-state index contributed by atoms with van der Waals surface area (Å²) in [5.74, 6) is 0.317. The Morgan fingerprint density at radius 2 is 1.74 bits per heavy atom. The molecule has 5 heteroatoms. The molecule has 0 saturated heterocycles. The van der Waals surface area contributed by atoms with Crippen LogP contribution in [0.4, 0.5) is 5.69 Å². The molecule has 140 valence electrons. The minimum atomic E-state index is -0.385. The third kappa shape index (κ3) is 5.26. The van der Waals surface area contributed by atoms with Crippen molar-refractivity contribution in [3.8, 4) is 0 Å². The van der Waals surface area contributed by atoms with Gasteiger partial charge in [-0.3, -0.25) is 14.9 Å². The van der Waals surface area contributed by atoms with Crippen LogP contribution in [0.2, 0.25) is 0 Å². The lowest BCUT2D eigenvalue weighted by molar-refractivity contribution is -0.384. The lowest BCUT2D eigenvalue weighted by Crippen LogP contribution is -2.25. The molecule has 0 bridgehead atoms. The summed E-state index contributed by atoms with van der Waals surface area (Å²) in [6, 6.07) is 15.7. The Kier molecular flexibility index (Phi) is 6.36. The molecule has 1 aliphatic rings. The molecule has 0 heterocycles. The smallest absolute Gasteiger partial charge is 0.270 e. The minimum absolute atomic E-state index is 0.0661. The Labute approximate surface area is 159 Å². The van der Waals surface area contributed by atoms with Crippen LogP contribution in [0.15, 0.2) is 60.7 Å². The van der Waals surface area contributed by atoms with Gasteiger partial charge in [-0.2, -0.15) is 0 Å². The highest BCUT2D eigenvalue weighted by atomic mass is 16.6. The first-order valence-electron chi connectivity index (χ1n) is 9.42. The quantitative estimate of drug-likeness (QED) is 0.580. The van der Waals surface area contributed by atoms with Crippen LogP contribution >= 0.6 is 0 Å². The lowest BCUT2D eigenvalue weighted by atomic mass is 9.87. The second kappa shape index (κ2) is 9.12. The van der Waals surface area contributed by atoms with Crippen molar-refractivity contribution >= 4 is 17.2 Å². The Hall–Kier alpha value is -2.95. The van der Waals surface area contributed by atoms with Crippen LogP contribution in [-0.2, 0) is 0 Å². The predicted molar refractivity (Wildman–Crippen MR) is 106 cm³/mol. The van der Waals surface area contributed by atoms with Gasteiger partial charge in [0.1, 0.15) is 0 Å². The van der Waals surface area contributed by atoms with Gasteiger partial charge in [-0.25, -0.2) is 0 Å². The number of rotatable bonds is 6. The van der Waals surface area contributed by atoms with E-state index in [-0.39, 0.29) is 16.5 Å². The van der Waals surface area contributed by atoms with Gasteiger partial charge in [-0.1, -0.05) is 55.7 Å². The van der Waals surface area contributed by atoms with Crippen molar-refractivity contribution in [2.45, 2.75) is 32.1 Å². The number of carbonyl (C=O) groups is 1. The molecule has 0 radical (unpaired) electrons. The molecule has 0 aromatic heterocycles. The highest BCUT2D eigenvalue weighted by Crippen LogP contribution is 2.29. The van der Waals surface area contributed by atoms with Crippen molar-refractivity contribution in [1.82, 2.24) is 5.32 Å². The summed E-state index contributed by atoms with van der Waals surface area (Å²) in [5.41, 5.74) is 2.41. The van der Waals surface area contributed by atoms with Gasteiger partial charge >= 0.3 is 0 Å². The van der Waals surface area contributed by atoms with Gasteiger partial charge in [0.05, 0.1) is 4.92 Å². The van der Waals surface area contributed by atoms with Crippen LogP contribution in [0.5, 0.6) is 0 Å². The average Bonchev–Trinajstić information content (AvgIpc) is 2.72. The standard InChI is InChI=1S/C22H24N2O3/c25-22(18-10-5-2-6-11-18)23-16-20(14-17-8-3-1-4-9-17)19-12-7-13-21(15-19)24(26)27/h2,5-7,10-15,17H,1,3-4,8-9,16H2,(H,23,25)/b20-14+. The van der Waals surface area contributed by atoms with E-state index in [1.54, 1.807) is 24.3 Å². The van der Waals surface area contributed by atoms with E-state index < -0.39 is 0 Å². The van der Waals surface area contributed by atoms with Crippen molar-refractivity contribution in [2.75, 3.05) is 6.54 Å². The maximum atomic E-state index is 12.4. The zero-order valence-corrected chi connectivity index (χ0v) is 15.3. The van der Waals surface area contributed by atoms with Gasteiger partial charge in [0.25, 0.3) is 11.6 Å². The third-order valence-electron chi connectivity index (χ3n) is 4.99. The van der Waals surface area contributed by atoms with Crippen LogP contribution in [0, 0.1) is 16.0 Å². The highest BCUT2D eigenvalue weighted by Gasteiger charge is 2.15. The number of hydrogen-bond acceptors (Lipinski definition) is 3. The molecule has 1 fully saturated rings. The van der Waals surface area contributed by atoms with Crippen molar-refractivity contribution in [3.05, 3.63) is 81.9 Å². The monoisotopic (exact) mass is 364 g/mol. The molecule has 2 aromatic carbocycles. The fourth-order valence-corrected chi connectivity index (χ4v) is 3.53. The number of hydrogen-bond donors (Lipinski definition) is 1. The predicted octanol–water partition coefficient (Wildman–Crippen LogP) is 4.99. The SMILES string of the molecule is O=C(NC/C(=C\C1CCCCC1)c1cccc([N+](=O)[O-])c1)c1ccccc1. The Morgan fingerprint density at radius 3 is 2.44 bits per heavy atom. The van der Waals surface area contributed by atoms with E-state index >= 15 is 0 Å². The van der Waals surface area contributed by atoms with E-state index in [4.69, 9.17) is 0 Å². The van der Waals surface area contributed by atoms with Crippen LogP contribution in [0.3, 0.4) is 0 Å². The number of nitro groups is 1. The van der Waals surface area contributed by atoms with Gasteiger partial charge in [-0.05, 0) is 42.0 Å². The third-order valence-corrected chi connectivity index (χ3v) is 4.99. The minimum Gasteiger partial charge on any atom is -0.348 e. The summed E-state index contributed by atoms with van der Waals surface area (Å²) in [5, 5.41) is 14.1. The fourth-order valence-electron chi connectivity index (χ4n) is 3.53. The Morgan fingerprint density at radius 1 is 1.04 bits per heavy atom. The average molecular weight is 364 g/mol. The lowest BCUT2D eigenvalue weighted by Gasteiger charge is -2.20. The van der Waals surface area contributed by atoms with Crippen LogP contribution in [0.1, 0.15) is 48.0 Å². The summed E-state index contributed by atoms with van der Waals surface area (Å²) in [4.78, 5) is 23.1. The molecule has 0 unspecified atom stereocenters. The molecular formula is C22H24N2O3. The Bertz CT molecular complexity index is 824. The molecular weight excluding hydrogens is 340 g/mol. The number of allylic oxidation sites excluding steroid dienone is 1. The highest BCUT2D eigenvalue weighted by molar-refractivity contribution is 5.95. The zero-order chi connectivity index (χ0) is 19.1. The van der Waals surface area contributed by atoms with Crippen molar-refractivity contribution in [3.63, 3.8) is 0 Å². The Balaban J connectivity index is 1.81. The molecule has 5 nitrogen and oxygen atoms in total. The first-order chi connectivity index (χ1) is 13.1. The van der Waals surface area contributed by atoms with Crippen molar-refractivity contribution in [2.24, 2.45) is 5.92 Å². The molecule has 1 saturated carbocycles. The molecule has 1 N–H and O–H groups in total. The molecule has 0 spiro atoms.